The summed E-state index contributed by atoms with van der Waals surface area (Å²) in [6.07, 6.45) is 2.14. The highest BCUT2D eigenvalue weighted by atomic mass is 32.1. The van der Waals surface area contributed by atoms with Gasteiger partial charge in [-0.05, 0) is 31.9 Å². The normalized spacial score (nSPS) is 23.8. The topological polar surface area (TPSA) is 44.5 Å². The molecule has 3 nitrogen and oxygen atoms in total. The van der Waals surface area contributed by atoms with Gasteiger partial charge in [-0.15, -0.1) is 11.3 Å². The quantitative estimate of drug-likeness (QED) is 0.879. The molecule has 1 aromatic rings. The van der Waals surface area contributed by atoms with Crippen molar-refractivity contribution in [1.29, 1.82) is 0 Å². The molecule has 96 valence electrons. The lowest BCUT2D eigenvalue weighted by Gasteiger charge is -2.25. The average Bonchev–Trinajstić information content (AvgIpc) is 2.96. The van der Waals surface area contributed by atoms with E-state index in [2.05, 4.69) is 26.0 Å². The zero-order chi connectivity index (χ0) is 12.3. The average molecular weight is 255 g/mol. The molecule has 1 aliphatic heterocycles. The summed E-state index contributed by atoms with van der Waals surface area (Å²) < 4.78 is 11.5. The monoisotopic (exact) mass is 255 g/mol. The maximum absolute atomic E-state index is 6.18. The van der Waals surface area contributed by atoms with Gasteiger partial charge in [0.15, 0.2) is 0 Å². The summed E-state index contributed by atoms with van der Waals surface area (Å²) in [5.74, 6) is 0. The van der Waals surface area contributed by atoms with Crippen LogP contribution in [-0.2, 0) is 9.47 Å². The minimum atomic E-state index is 0.0189. The largest absolute Gasteiger partial charge is 0.379 e. The Balaban J connectivity index is 2.07. The van der Waals surface area contributed by atoms with Crippen LogP contribution < -0.4 is 5.73 Å². The molecule has 17 heavy (non-hydrogen) atoms. The highest BCUT2D eigenvalue weighted by Gasteiger charge is 2.26. The van der Waals surface area contributed by atoms with E-state index in [0.717, 1.165) is 19.4 Å². The Morgan fingerprint density at radius 3 is 2.94 bits per heavy atom. The number of thiophene rings is 1. The van der Waals surface area contributed by atoms with Crippen molar-refractivity contribution >= 4 is 11.3 Å². The van der Waals surface area contributed by atoms with Crippen molar-refractivity contribution in [2.75, 3.05) is 13.2 Å². The van der Waals surface area contributed by atoms with Gasteiger partial charge >= 0.3 is 0 Å². The molecule has 1 saturated heterocycles. The summed E-state index contributed by atoms with van der Waals surface area (Å²) in [7, 11) is 0. The first-order valence-electron chi connectivity index (χ1n) is 6.25. The fourth-order valence-electron chi connectivity index (χ4n) is 2.03. The van der Waals surface area contributed by atoms with Crippen molar-refractivity contribution < 1.29 is 9.47 Å². The fourth-order valence-corrected chi connectivity index (χ4v) is 3.02. The van der Waals surface area contributed by atoms with Gasteiger partial charge in [0, 0.05) is 22.4 Å². The van der Waals surface area contributed by atoms with E-state index in [9.17, 15) is 0 Å². The Bertz CT molecular complexity index is 347. The Labute approximate surface area is 107 Å². The minimum absolute atomic E-state index is 0.0189. The third-order valence-corrected chi connectivity index (χ3v) is 4.19. The lowest BCUT2D eigenvalue weighted by Crippen LogP contribution is -2.32. The molecule has 0 saturated carbocycles. The van der Waals surface area contributed by atoms with Gasteiger partial charge in [0.1, 0.15) is 6.10 Å². The van der Waals surface area contributed by atoms with Crippen LogP contribution in [-0.4, -0.2) is 25.4 Å². The highest BCUT2D eigenvalue weighted by Crippen LogP contribution is 2.31. The van der Waals surface area contributed by atoms with Crippen molar-refractivity contribution in [2.24, 2.45) is 5.73 Å². The van der Waals surface area contributed by atoms with E-state index < -0.39 is 0 Å². The van der Waals surface area contributed by atoms with Crippen molar-refractivity contribution in [1.82, 2.24) is 0 Å². The molecule has 0 radical (unpaired) electrons. The zero-order valence-corrected chi connectivity index (χ0v) is 11.3. The Hall–Kier alpha value is -0.420. The van der Waals surface area contributed by atoms with Crippen molar-refractivity contribution in [3.63, 3.8) is 0 Å². The third kappa shape index (κ3) is 3.28. The fraction of sp³-hybridized carbons (Fsp3) is 0.692. The molecule has 0 aromatic carbocycles. The zero-order valence-electron chi connectivity index (χ0n) is 10.5. The highest BCUT2D eigenvalue weighted by molar-refractivity contribution is 7.12. The maximum Gasteiger partial charge on any atom is 0.107 e. The predicted molar refractivity (Wildman–Crippen MR) is 70.4 cm³/mol. The van der Waals surface area contributed by atoms with E-state index in [-0.39, 0.29) is 18.2 Å². The Kier molecular flexibility index (Phi) is 4.56. The summed E-state index contributed by atoms with van der Waals surface area (Å²) in [5, 5.41) is 0. The second-order valence-corrected chi connectivity index (χ2v) is 5.88. The minimum Gasteiger partial charge on any atom is -0.379 e. The second-order valence-electron chi connectivity index (χ2n) is 4.56. The van der Waals surface area contributed by atoms with Crippen LogP contribution in [0.15, 0.2) is 12.1 Å². The number of nitrogens with two attached hydrogens (primary N) is 1. The SMILES string of the molecule is CCC(N)C(OC1CCOC1)c1ccc(C)s1. The van der Waals surface area contributed by atoms with E-state index in [1.807, 2.05) is 0 Å². The van der Waals surface area contributed by atoms with Crippen LogP contribution in [0.3, 0.4) is 0 Å². The molecule has 0 aliphatic carbocycles. The molecule has 3 unspecified atom stereocenters. The number of rotatable bonds is 5. The molecule has 1 fully saturated rings. The molecule has 4 heteroatoms. The van der Waals surface area contributed by atoms with Crippen molar-refractivity contribution in [3.05, 3.63) is 21.9 Å². The summed E-state index contributed by atoms with van der Waals surface area (Å²) >= 11 is 1.78. The maximum atomic E-state index is 6.18. The number of hydrogen-bond acceptors (Lipinski definition) is 4. The van der Waals surface area contributed by atoms with Gasteiger partial charge in [-0.25, -0.2) is 0 Å². The van der Waals surface area contributed by atoms with Gasteiger partial charge in [-0.1, -0.05) is 6.92 Å². The van der Waals surface area contributed by atoms with E-state index in [4.69, 9.17) is 15.2 Å². The number of hydrogen-bond donors (Lipinski definition) is 1. The summed E-state index contributed by atoms with van der Waals surface area (Å²) in [5.41, 5.74) is 6.18. The third-order valence-electron chi connectivity index (χ3n) is 3.13. The summed E-state index contributed by atoms with van der Waals surface area (Å²) in [6, 6.07) is 4.33. The molecular weight excluding hydrogens is 234 g/mol. The molecule has 2 N–H and O–H groups in total. The molecular formula is C13H21NO2S. The predicted octanol–water partition coefficient (Wildman–Crippen LogP) is 2.64. The Morgan fingerprint density at radius 1 is 1.59 bits per heavy atom. The van der Waals surface area contributed by atoms with Crippen LogP contribution in [0, 0.1) is 6.92 Å². The molecule has 0 amide bonds. The summed E-state index contributed by atoms with van der Waals surface area (Å²) in [6.45, 7) is 5.73. The molecule has 2 rings (SSSR count). The van der Waals surface area contributed by atoms with Gasteiger partial charge in [0.25, 0.3) is 0 Å². The van der Waals surface area contributed by atoms with E-state index in [1.54, 1.807) is 11.3 Å². The van der Waals surface area contributed by atoms with Crippen LogP contribution in [0.5, 0.6) is 0 Å². The molecule has 3 atom stereocenters. The molecule has 1 aromatic heterocycles. The first-order valence-corrected chi connectivity index (χ1v) is 7.07. The van der Waals surface area contributed by atoms with Crippen LogP contribution in [0.25, 0.3) is 0 Å². The van der Waals surface area contributed by atoms with Crippen molar-refractivity contribution in [3.8, 4) is 0 Å². The molecule has 1 aliphatic rings. The molecule has 2 heterocycles. The van der Waals surface area contributed by atoms with E-state index >= 15 is 0 Å². The first-order chi connectivity index (χ1) is 8.20. The lowest BCUT2D eigenvalue weighted by molar-refractivity contribution is -0.0283. The van der Waals surface area contributed by atoms with Gasteiger partial charge in [-0.3, -0.25) is 0 Å². The van der Waals surface area contributed by atoms with E-state index in [1.165, 1.54) is 9.75 Å². The van der Waals surface area contributed by atoms with E-state index in [0.29, 0.717) is 6.61 Å². The van der Waals surface area contributed by atoms with Crippen LogP contribution in [0.1, 0.15) is 35.6 Å². The van der Waals surface area contributed by atoms with Crippen LogP contribution in [0.2, 0.25) is 0 Å². The standard InChI is InChI=1S/C13H21NO2S/c1-3-11(14)13(12-5-4-9(2)17-12)16-10-6-7-15-8-10/h4-5,10-11,13H,3,6-8,14H2,1-2H3. The van der Waals surface area contributed by atoms with Gasteiger partial charge in [0.05, 0.1) is 12.7 Å². The van der Waals surface area contributed by atoms with Gasteiger partial charge in [0.2, 0.25) is 0 Å². The summed E-state index contributed by atoms with van der Waals surface area (Å²) in [4.78, 5) is 2.54. The smallest absolute Gasteiger partial charge is 0.107 e. The number of ether oxygens (including phenoxy) is 2. The second kappa shape index (κ2) is 5.96. The first kappa shape index (κ1) is 13.0. The van der Waals surface area contributed by atoms with Crippen LogP contribution >= 0.6 is 11.3 Å². The lowest BCUT2D eigenvalue weighted by atomic mass is 10.1. The molecule has 0 spiro atoms. The van der Waals surface area contributed by atoms with Crippen LogP contribution in [0.4, 0.5) is 0 Å². The van der Waals surface area contributed by atoms with Gasteiger partial charge in [-0.2, -0.15) is 0 Å². The Morgan fingerprint density at radius 2 is 2.41 bits per heavy atom. The molecule has 0 bridgehead atoms. The van der Waals surface area contributed by atoms with Gasteiger partial charge < -0.3 is 15.2 Å². The van der Waals surface area contributed by atoms with Crippen molar-refractivity contribution in [2.45, 2.75) is 44.9 Å². The number of aryl methyl sites for hydroxylation is 1.